The van der Waals surface area contributed by atoms with Gasteiger partial charge in [0.1, 0.15) is 11.5 Å². The summed E-state index contributed by atoms with van der Waals surface area (Å²) in [4.78, 5) is 11.3. The largest absolute Gasteiger partial charge is 0.507 e. The molecule has 0 saturated carbocycles. The maximum absolute atomic E-state index is 11.3. The minimum atomic E-state index is -0.454. The van der Waals surface area contributed by atoms with Gasteiger partial charge in [-0.05, 0) is 36.6 Å². The summed E-state index contributed by atoms with van der Waals surface area (Å²) in [5, 5.41) is 11.2. The van der Waals surface area contributed by atoms with Crippen LogP contribution in [0.15, 0.2) is 48.6 Å². The van der Waals surface area contributed by atoms with Gasteiger partial charge in [-0.15, -0.1) is 0 Å². The molecule has 17 heavy (non-hydrogen) atoms. The van der Waals surface area contributed by atoms with Gasteiger partial charge in [0.05, 0.1) is 0 Å². The molecule has 0 spiro atoms. The van der Waals surface area contributed by atoms with E-state index in [-0.39, 0.29) is 5.75 Å². The molecule has 1 N–H and O–H groups in total. The number of esters is 1. The number of fused-ring (bicyclic) bond motifs is 1. The SMILES string of the molecule is C=C(C)C(=O)Oc1ccc2c(O)cccc2c1. The molecule has 3 heteroatoms. The number of rotatable bonds is 2. The zero-order valence-corrected chi connectivity index (χ0v) is 9.43. The summed E-state index contributed by atoms with van der Waals surface area (Å²) in [7, 11) is 0. The average molecular weight is 228 g/mol. The van der Waals surface area contributed by atoms with Gasteiger partial charge in [0, 0.05) is 11.0 Å². The van der Waals surface area contributed by atoms with Crippen molar-refractivity contribution in [2.45, 2.75) is 6.92 Å². The van der Waals surface area contributed by atoms with Gasteiger partial charge in [0.2, 0.25) is 0 Å². The minimum Gasteiger partial charge on any atom is -0.507 e. The summed E-state index contributed by atoms with van der Waals surface area (Å²) < 4.78 is 5.10. The molecule has 0 amide bonds. The lowest BCUT2D eigenvalue weighted by Gasteiger charge is -2.06. The topological polar surface area (TPSA) is 46.5 Å². The van der Waals surface area contributed by atoms with Gasteiger partial charge in [-0.3, -0.25) is 0 Å². The first kappa shape index (κ1) is 11.2. The van der Waals surface area contributed by atoms with E-state index in [1.807, 2.05) is 6.07 Å². The summed E-state index contributed by atoms with van der Waals surface area (Å²) in [6, 6.07) is 10.3. The molecule has 0 bridgehead atoms. The molecule has 0 fully saturated rings. The van der Waals surface area contributed by atoms with E-state index in [0.29, 0.717) is 11.3 Å². The van der Waals surface area contributed by atoms with E-state index in [0.717, 1.165) is 10.8 Å². The molecule has 86 valence electrons. The average Bonchev–Trinajstić information content (AvgIpc) is 2.29. The van der Waals surface area contributed by atoms with Crippen LogP contribution in [0.3, 0.4) is 0 Å². The highest BCUT2D eigenvalue weighted by Gasteiger charge is 2.06. The smallest absolute Gasteiger partial charge is 0.338 e. The predicted octanol–water partition coefficient (Wildman–Crippen LogP) is 3.03. The Bertz CT molecular complexity index is 599. The second-order valence-electron chi connectivity index (χ2n) is 3.83. The van der Waals surface area contributed by atoms with Crippen LogP contribution in [0.1, 0.15) is 6.92 Å². The van der Waals surface area contributed by atoms with Crippen molar-refractivity contribution >= 4 is 16.7 Å². The monoisotopic (exact) mass is 228 g/mol. The lowest BCUT2D eigenvalue weighted by molar-refractivity contribution is -0.130. The van der Waals surface area contributed by atoms with Crippen molar-refractivity contribution in [3.63, 3.8) is 0 Å². The van der Waals surface area contributed by atoms with Gasteiger partial charge in [-0.2, -0.15) is 0 Å². The van der Waals surface area contributed by atoms with Gasteiger partial charge in [0.25, 0.3) is 0 Å². The lowest BCUT2D eigenvalue weighted by Crippen LogP contribution is -2.07. The summed E-state index contributed by atoms with van der Waals surface area (Å²) in [6.07, 6.45) is 0. The standard InChI is InChI=1S/C14H12O3/c1-9(2)14(16)17-11-6-7-12-10(8-11)4-3-5-13(12)15/h3-8,15H,1H2,2H3. The second-order valence-corrected chi connectivity index (χ2v) is 3.83. The first-order chi connectivity index (χ1) is 8.08. The molecule has 0 aromatic heterocycles. The normalized spacial score (nSPS) is 10.2. The number of hydrogen-bond acceptors (Lipinski definition) is 3. The van der Waals surface area contributed by atoms with E-state index in [2.05, 4.69) is 6.58 Å². The van der Waals surface area contributed by atoms with Crippen molar-refractivity contribution in [1.82, 2.24) is 0 Å². The van der Waals surface area contributed by atoms with Crippen molar-refractivity contribution in [3.05, 3.63) is 48.6 Å². The summed E-state index contributed by atoms with van der Waals surface area (Å²) >= 11 is 0. The van der Waals surface area contributed by atoms with E-state index in [1.165, 1.54) is 0 Å². The number of hydrogen-bond donors (Lipinski definition) is 1. The highest BCUT2D eigenvalue weighted by atomic mass is 16.5. The van der Waals surface area contributed by atoms with E-state index >= 15 is 0 Å². The van der Waals surface area contributed by atoms with Crippen LogP contribution in [-0.4, -0.2) is 11.1 Å². The third kappa shape index (κ3) is 2.28. The maximum Gasteiger partial charge on any atom is 0.338 e. The van der Waals surface area contributed by atoms with Crippen LogP contribution in [0.4, 0.5) is 0 Å². The first-order valence-corrected chi connectivity index (χ1v) is 5.17. The molecule has 2 aromatic carbocycles. The van der Waals surface area contributed by atoms with Crippen molar-refractivity contribution in [2.24, 2.45) is 0 Å². The number of carbonyl (C=O) groups is 1. The van der Waals surface area contributed by atoms with Crippen molar-refractivity contribution in [3.8, 4) is 11.5 Å². The van der Waals surface area contributed by atoms with Gasteiger partial charge < -0.3 is 9.84 Å². The molecule has 2 rings (SSSR count). The van der Waals surface area contributed by atoms with Crippen molar-refractivity contribution < 1.29 is 14.6 Å². The van der Waals surface area contributed by atoms with Gasteiger partial charge >= 0.3 is 5.97 Å². The molecule has 3 nitrogen and oxygen atoms in total. The number of aromatic hydroxyl groups is 1. The van der Waals surface area contributed by atoms with E-state index in [1.54, 1.807) is 37.3 Å². The Kier molecular flexibility index (Phi) is 2.83. The number of phenols is 1. The van der Waals surface area contributed by atoms with Crippen LogP contribution in [0, 0.1) is 0 Å². The van der Waals surface area contributed by atoms with Crippen molar-refractivity contribution in [2.75, 3.05) is 0 Å². The minimum absolute atomic E-state index is 0.209. The Hall–Kier alpha value is -2.29. The summed E-state index contributed by atoms with van der Waals surface area (Å²) in [5.41, 5.74) is 0.348. The Morgan fingerprint density at radius 3 is 2.76 bits per heavy atom. The second kappa shape index (κ2) is 4.29. The molecular weight excluding hydrogens is 216 g/mol. The molecular formula is C14H12O3. The summed E-state index contributed by atoms with van der Waals surface area (Å²) in [6.45, 7) is 5.11. The molecule has 0 heterocycles. The number of phenolic OH excluding ortho intramolecular Hbond substituents is 1. The van der Waals surface area contributed by atoms with Crippen LogP contribution in [0.5, 0.6) is 11.5 Å². The van der Waals surface area contributed by atoms with Crippen molar-refractivity contribution in [1.29, 1.82) is 0 Å². The van der Waals surface area contributed by atoms with E-state index in [4.69, 9.17) is 4.74 Å². The first-order valence-electron chi connectivity index (χ1n) is 5.17. The molecule has 0 saturated heterocycles. The molecule has 0 aliphatic carbocycles. The van der Waals surface area contributed by atoms with Crippen LogP contribution in [0.2, 0.25) is 0 Å². The van der Waals surface area contributed by atoms with Crippen LogP contribution >= 0.6 is 0 Å². The zero-order valence-electron chi connectivity index (χ0n) is 9.43. The van der Waals surface area contributed by atoms with E-state index < -0.39 is 5.97 Å². The Labute approximate surface area is 99.0 Å². The lowest BCUT2D eigenvalue weighted by atomic mass is 10.1. The summed E-state index contributed by atoms with van der Waals surface area (Å²) in [5.74, 6) is 0.195. The molecule has 2 aromatic rings. The highest BCUT2D eigenvalue weighted by Crippen LogP contribution is 2.27. The Morgan fingerprint density at radius 2 is 2.06 bits per heavy atom. The van der Waals surface area contributed by atoms with Gasteiger partial charge in [-0.25, -0.2) is 4.79 Å². The van der Waals surface area contributed by atoms with Gasteiger partial charge in [0.15, 0.2) is 0 Å². The fourth-order valence-electron chi connectivity index (χ4n) is 1.50. The maximum atomic E-state index is 11.3. The Morgan fingerprint density at radius 1 is 1.29 bits per heavy atom. The molecule has 0 atom stereocenters. The number of benzene rings is 2. The number of ether oxygens (including phenoxy) is 1. The third-order valence-electron chi connectivity index (χ3n) is 2.39. The van der Waals surface area contributed by atoms with Gasteiger partial charge in [-0.1, -0.05) is 18.7 Å². The Balaban J connectivity index is 2.39. The quantitative estimate of drug-likeness (QED) is 0.488. The zero-order chi connectivity index (χ0) is 12.4. The predicted molar refractivity (Wildman–Crippen MR) is 66.1 cm³/mol. The molecule has 0 unspecified atom stereocenters. The third-order valence-corrected chi connectivity index (χ3v) is 2.39. The molecule has 0 aliphatic heterocycles. The fraction of sp³-hybridized carbons (Fsp3) is 0.0714. The number of carbonyl (C=O) groups excluding carboxylic acids is 1. The highest BCUT2D eigenvalue weighted by molar-refractivity contribution is 5.92. The van der Waals surface area contributed by atoms with Crippen LogP contribution in [-0.2, 0) is 4.79 Å². The fourth-order valence-corrected chi connectivity index (χ4v) is 1.50. The van der Waals surface area contributed by atoms with E-state index in [9.17, 15) is 9.90 Å². The van der Waals surface area contributed by atoms with Crippen LogP contribution in [0.25, 0.3) is 10.8 Å². The molecule has 0 radical (unpaired) electrons. The van der Waals surface area contributed by atoms with Crippen LogP contribution < -0.4 is 4.74 Å². The molecule has 0 aliphatic rings.